The highest BCUT2D eigenvalue weighted by atomic mass is 16.5. The molecule has 0 bridgehead atoms. The Morgan fingerprint density at radius 2 is 1.39 bits per heavy atom. The van der Waals surface area contributed by atoms with E-state index < -0.39 is 0 Å². The van der Waals surface area contributed by atoms with Crippen molar-refractivity contribution < 1.29 is 14.2 Å². The van der Waals surface area contributed by atoms with Gasteiger partial charge in [0, 0.05) is 29.1 Å². The van der Waals surface area contributed by atoms with Crippen LogP contribution in [0, 0.1) is 0 Å². The van der Waals surface area contributed by atoms with Crippen molar-refractivity contribution in [3.63, 3.8) is 0 Å². The molecule has 5 nitrogen and oxygen atoms in total. The Morgan fingerprint density at radius 3 is 2.11 bits per heavy atom. The number of pyridine rings is 1. The van der Waals surface area contributed by atoms with Gasteiger partial charge in [-0.05, 0) is 79.4 Å². The van der Waals surface area contributed by atoms with Gasteiger partial charge in [-0.3, -0.25) is 4.98 Å². The second kappa shape index (κ2) is 12.1. The number of anilines is 1. The molecule has 0 fully saturated rings. The lowest BCUT2D eigenvalue weighted by Crippen LogP contribution is -1.98. The van der Waals surface area contributed by atoms with Gasteiger partial charge in [-0.2, -0.15) is 0 Å². The van der Waals surface area contributed by atoms with Crippen molar-refractivity contribution in [1.82, 2.24) is 4.98 Å². The molecule has 0 saturated heterocycles. The Labute approximate surface area is 213 Å². The molecule has 0 atom stereocenters. The first-order valence-corrected chi connectivity index (χ1v) is 12.6. The van der Waals surface area contributed by atoms with Gasteiger partial charge in [-0.15, -0.1) is 0 Å². The highest BCUT2D eigenvalue weighted by molar-refractivity contribution is 5.83. The number of aromatic nitrogens is 1. The van der Waals surface area contributed by atoms with Crippen molar-refractivity contribution in [1.29, 1.82) is 0 Å². The number of nitrogen functional groups attached to an aromatic ring is 1. The molecule has 3 aromatic carbocycles. The Morgan fingerprint density at radius 1 is 0.667 bits per heavy atom. The lowest BCUT2D eigenvalue weighted by Gasteiger charge is -2.14. The maximum atomic E-state index is 6.53. The number of unbranched alkanes of at least 4 members (excludes halogenated alkanes) is 1. The summed E-state index contributed by atoms with van der Waals surface area (Å²) in [5.74, 6) is 2.42. The summed E-state index contributed by atoms with van der Waals surface area (Å²) in [6.07, 6.45) is 3.99. The fraction of sp³-hybridized carbons (Fsp3) is 0.258. The highest BCUT2D eigenvalue weighted by Crippen LogP contribution is 2.36. The minimum absolute atomic E-state index is 0.558. The molecule has 2 N–H and O–H groups in total. The smallest absolute Gasteiger partial charge is 0.132 e. The zero-order chi connectivity index (χ0) is 25.3. The molecule has 4 rings (SSSR count). The number of hydrogen-bond acceptors (Lipinski definition) is 5. The van der Waals surface area contributed by atoms with E-state index in [2.05, 4.69) is 36.2 Å². The van der Waals surface area contributed by atoms with Gasteiger partial charge in [0.2, 0.25) is 0 Å². The molecule has 0 unspecified atom stereocenters. The van der Waals surface area contributed by atoms with Crippen LogP contribution in [0.15, 0.2) is 79.0 Å². The number of nitrogens with two attached hydrogens (primary N) is 1. The van der Waals surface area contributed by atoms with E-state index in [-0.39, 0.29) is 0 Å². The second-order valence-corrected chi connectivity index (χ2v) is 8.48. The van der Waals surface area contributed by atoms with Crippen molar-refractivity contribution in [3.8, 4) is 50.8 Å². The molecule has 0 aliphatic heterocycles. The number of nitrogens with zero attached hydrogens (tertiary/aromatic N) is 1. The van der Waals surface area contributed by atoms with Crippen LogP contribution in [-0.4, -0.2) is 24.8 Å². The van der Waals surface area contributed by atoms with Gasteiger partial charge in [0.15, 0.2) is 0 Å². The van der Waals surface area contributed by atoms with E-state index in [1.165, 1.54) is 0 Å². The average Bonchev–Trinajstić information content (AvgIpc) is 2.90. The number of hydrogen-bond donors (Lipinski definition) is 1. The Bertz CT molecular complexity index is 1290. The van der Waals surface area contributed by atoms with E-state index in [4.69, 9.17) is 19.9 Å². The van der Waals surface area contributed by atoms with Crippen molar-refractivity contribution >= 4 is 5.69 Å². The van der Waals surface area contributed by atoms with Crippen LogP contribution in [0.5, 0.6) is 17.2 Å². The molecule has 0 spiro atoms. The van der Waals surface area contributed by atoms with Crippen LogP contribution < -0.4 is 19.9 Å². The fourth-order valence-electron chi connectivity index (χ4n) is 4.07. The summed E-state index contributed by atoms with van der Waals surface area (Å²) in [7, 11) is 0. The summed E-state index contributed by atoms with van der Waals surface area (Å²) in [5.41, 5.74) is 13.1. The van der Waals surface area contributed by atoms with Crippen molar-refractivity contribution in [3.05, 3.63) is 79.0 Å². The molecule has 0 amide bonds. The average molecular weight is 483 g/mol. The molecule has 186 valence electrons. The molecule has 0 aliphatic carbocycles. The lowest BCUT2D eigenvalue weighted by molar-refractivity contribution is 0.309. The third kappa shape index (κ3) is 5.98. The molecule has 0 saturated carbocycles. The molecule has 5 heteroatoms. The van der Waals surface area contributed by atoms with Crippen LogP contribution in [0.4, 0.5) is 5.69 Å². The summed E-state index contributed by atoms with van der Waals surface area (Å²) in [4.78, 5) is 4.61. The standard InChI is InChI=1S/C31H34N2O3/c1-4-7-18-36-25-11-8-22(9-12-25)23-10-14-27(29(32)19-23)24-16-17-33-30(20-24)28-15-13-26(34-5-2)21-31(28)35-6-3/h8-17,19-21H,4-7,18,32H2,1-3H3. The topological polar surface area (TPSA) is 66.6 Å². The minimum atomic E-state index is 0.558. The quantitative estimate of drug-likeness (QED) is 0.176. The van der Waals surface area contributed by atoms with Crippen molar-refractivity contribution in [2.75, 3.05) is 25.6 Å². The van der Waals surface area contributed by atoms with Gasteiger partial charge in [-0.1, -0.05) is 37.6 Å². The number of rotatable bonds is 11. The second-order valence-electron chi connectivity index (χ2n) is 8.48. The molecule has 1 heterocycles. The van der Waals surface area contributed by atoms with Gasteiger partial charge >= 0.3 is 0 Å². The van der Waals surface area contributed by atoms with Crippen LogP contribution in [0.25, 0.3) is 33.5 Å². The summed E-state index contributed by atoms with van der Waals surface area (Å²) >= 11 is 0. The predicted molar refractivity (Wildman–Crippen MR) is 148 cm³/mol. The van der Waals surface area contributed by atoms with Gasteiger partial charge < -0.3 is 19.9 Å². The maximum absolute atomic E-state index is 6.53. The Kier molecular flexibility index (Phi) is 8.45. The summed E-state index contributed by atoms with van der Waals surface area (Å²) in [6, 6.07) is 24.2. The van der Waals surface area contributed by atoms with E-state index in [1.807, 2.05) is 68.6 Å². The number of benzene rings is 3. The molecule has 0 aliphatic rings. The predicted octanol–water partition coefficient (Wildman–Crippen LogP) is 7.64. The molecular weight excluding hydrogens is 448 g/mol. The van der Waals surface area contributed by atoms with Gasteiger partial charge in [0.1, 0.15) is 17.2 Å². The van der Waals surface area contributed by atoms with Crippen LogP contribution >= 0.6 is 0 Å². The summed E-state index contributed by atoms with van der Waals surface area (Å²) in [6.45, 7) is 8.00. The normalized spacial score (nSPS) is 10.8. The SMILES string of the molecule is CCCCOc1ccc(-c2ccc(-c3ccnc(-c4ccc(OCC)cc4OCC)c3)c(N)c2)cc1. The maximum Gasteiger partial charge on any atom is 0.132 e. The van der Waals surface area contributed by atoms with Crippen LogP contribution in [-0.2, 0) is 0 Å². The number of ether oxygens (including phenoxy) is 3. The third-order valence-electron chi connectivity index (χ3n) is 5.92. The highest BCUT2D eigenvalue weighted by Gasteiger charge is 2.12. The van der Waals surface area contributed by atoms with Crippen molar-refractivity contribution in [2.45, 2.75) is 33.6 Å². The summed E-state index contributed by atoms with van der Waals surface area (Å²) in [5, 5.41) is 0. The summed E-state index contributed by atoms with van der Waals surface area (Å²) < 4.78 is 17.3. The molecule has 4 aromatic rings. The van der Waals surface area contributed by atoms with Gasteiger partial charge in [-0.25, -0.2) is 0 Å². The minimum Gasteiger partial charge on any atom is -0.494 e. The van der Waals surface area contributed by atoms with Crippen LogP contribution in [0.3, 0.4) is 0 Å². The molecule has 36 heavy (non-hydrogen) atoms. The van der Waals surface area contributed by atoms with Crippen LogP contribution in [0.1, 0.15) is 33.6 Å². The first-order chi connectivity index (χ1) is 17.6. The molecule has 1 aromatic heterocycles. The van der Waals surface area contributed by atoms with Crippen LogP contribution in [0.2, 0.25) is 0 Å². The Hall–Kier alpha value is -3.99. The van der Waals surface area contributed by atoms with Gasteiger partial charge in [0.05, 0.1) is 25.5 Å². The Balaban J connectivity index is 1.59. The van der Waals surface area contributed by atoms with Gasteiger partial charge in [0.25, 0.3) is 0 Å². The fourth-order valence-corrected chi connectivity index (χ4v) is 4.07. The zero-order valence-electron chi connectivity index (χ0n) is 21.3. The van der Waals surface area contributed by atoms with E-state index >= 15 is 0 Å². The monoisotopic (exact) mass is 482 g/mol. The first kappa shape index (κ1) is 25.1. The van der Waals surface area contributed by atoms with E-state index in [0.29, 0.717) is 18.9 Å². The molecule has 0 radical (unpaired) electrons. The van der Waals surface area contributed by atoms with E-state index in [0.717, 1.165) is 70.2 Å². The van der Waals surface area contributed by atoms with E-state index in [9.17, 15) is 0 Å². The third-order valence-corrected chi connectivity index (χ3v) is 5.92. The zero-order valence-corrected chi connectivity index (χ0v) is 21.3. The van der Waals surface area contributed by atoms with Crippen molar-refractivity contribution in [2.24, 2.45) is 0 Å². The first-order valence-electron chi connectivity index (χ1n) is 12.6. The molecular formula is C31H34N2O3. The largest absolute Gasteiger partial charge is 0.494 e. The van der Waals surface area contributed by atoms with E-state index in [1.54, 1.807) is 0 Å². The lowest BCUT2D eigenvalue weighted by atomic mass is 9.97.